The Hall–Kier alpha value is -1.95. The number of carbonyl (C=O) groups is 1. The van der Waals surface area contributed by atoms with Crippen LogP contribution < -0.4 is 5.73 Å². The lowest BCUT2D eigenvalue weighted by Crippen LogP contribution is -2.24. The molecule has 0 unspecified atom stereocenters. The van der Waals surface area contributed by atoms with Gasteiger partial charge >= 0.3 is 5.97 Å². The maximum atomic E-state index is 11.6. The van der Waals surface area contributed by atoms with Crippen molar-refractivity contribution < 1.29 is 14.5 Å². The first kappa shape index (κ1) is 14.1. The number of ether oxygens (including phenoxy) is 1. The number of nitro groups is 1. The van der Waals surface area contributed by atoms with Crippen molar-refractivity contribution in [2.45, 2.75) is 25.8 Å². The molecule has 0 saturated carbocycles. The van der Waals surface area contributed by atoms with Gasteiger partial charge in [0.2, 0.25) is 0 Å². The molecule has 0 spiro atoms. The van der Waals surface area contributed by atoms with E-state index in [2.05, 4.69) is 0 Å². The van der Waals surface area contributed by atoms with Crippen LogP contribution in [0.1, 0.15) is 31.4 Å². The molecule has 0 aliphatic heterocycles. The number of benzene rings is 1. The van der Waals surface area contributed by atoms with Crippen molar-refractivity contribution in [2.24, 2.45) is 5.73 Å². The van der Waals surface area contributed by atoms with E-state index < -0.39 is 16.9 Å². The van der Waals surface area contributed by atoms with Crippen LogP contribution in [0, 0.1) is 10.1 Å². The number of nitro benzene ring substituents is 1. The minimum absolute atomic E-state index is 0.0368. The monoisotopic (exact) mass is 252 g/mol. The normalized spacial score (nSPS) is 11.9. The van der Waals surface area contributed by atoms with E-state index in [0.717, 1.165) is 12.8 Å². The van der Waals surface area contributed by atoms with Gasteiger partial charge in [0.25, 0.3) is 5.69 Å². The van der Waals surface area contributed by atoms with Crippen molar-refractivity contribution in [2.75, 3.05) is 6.61 Å². The number of non-ortho nitro benzene ring substituents is 1. The van der Waals surface area contributed by atoms with E-state index in [-0.39, 0.29) is 5.69 Å². The second-order valence-corrected chi connectivity index (χ2v) is 3.85. The topological polar surface area (TPSA) is 95.5 Å². The molecular weight excluding hydrogens is 236 g/mol. The van der Waals surface area contributed by atoms with Gasteiger partial charge in [0.05, 0.1) is 11.5 Å². The predicted octanol–water partition coefficient (Wildman–Crippen LogP) is 1.94. The molecule has 0 aliphatic rings. The Morgan fingerprint density at radius 2 is 2.06 bits per heavy atom. The minimum atomic E-state index is -0.900. The highest BCUT2D eigenvalue weighted by Gasteiger charge is 2.18. The molecule has 2 N–H and O–H groups in total. The molecule has 0 fully saturated rings. The Labute approximate surface area is 105 Å². The molecule has 1 rings (SSSR count). The van der Waals surface area contributed by atoms with Gasteiger partial charge in [-0.2, -0.15) is 0 Å². The van der Waals surface area contributed by atoms with Gasteiger partial charge < -0.3 is 10.5 Å². The van der Waals surface area contributed by atoms with Crippen molar-refractivity contribution in [3.63, 3.8) is 0 Å². The van der Waals surface area contributed by atoms with Gasteiger partial charge in [-0.05, 0) is 12.0 Å². The van der Waals surface area contributed by atoms with E-state index in [1.165, 1.54) is 24.3 Å². The summed E-state index contributed by atoms with van der Waals surface area (Å²) in [5, 5.41) is 10.5. The fourth-order valence-corrected chi connectivity index (χ4v) is 1.35. The molecule has 98 valence electrons. The molecule has 0 aromatic heterocycles. The van der Waals surface area contributed by atoms with Gasteiger partial charge in [-0.15, -0.1) is 0 Å². The van der Waals surface area contributed by atoms with Crippen LogP contribution in [0.2, 0.25) is 0 Å². The average molecular weight is 252 g/mol. The number of hydrogen-bond donors (Lipinski definition) is 1. The number of hydrogen-bond acceptors (Lipinski definition) is 5. The van der Waals surface area contributed by atoms with Gasteiger partial charge in [0, 0.05) is 12.1 Å². The summed E-state index contributed by atoms with van der Waals surface area (Å²) < 4.78 is 4.98. The SMILES string of the molecule is CCCCOC(=O)[C@@H](N)c1ccc([N+](=O)[O-])cc1. The van der Waals surface area contributed by atoms with Gasteiger partial charge in [-0.25, -0.2) is 4.79 Å². The summed E-state index contributed by atoms with van der Waals surface area (Å²) in [5.74, 6) is -0.516. The Bertz CT molecular complexity index is 417. The van der Waals surface area contributed by atoms with E-state index in [1.54, 1.807) is 0 Å². The summed E-state index contributed by atoms with van der Waals surface area (Å²) in [6.07, 6.45) is 1.72. The van der Waals surface area contributed by atoms with E-state index in [4.69, 9.17) is 10.5 Å². The zero-order valence-corrected chi connectivity index (χ0v) is 10.2. The standard InChI is InChI=1S/C12H16N2O4/c1-2-3-8-18-12(15)11(13)9-4-6-10(7-5-9)14(16)17/h4-7,11H,2-3,8,13H2,1H3/t11-/m0/s1. The largest absolute Gasteiger partial charge is 0.464 e. The number of esters is 1. The first-order valence-corrected chi connectivity index (χ1v) is 5.72. The third kappa shape index (κ3) is 3.81. The summed E-state index contributed by atoms with van der Waals surface area (Å²) in [7, 11) is 0. The van der Waals surface area contributed by atoms with Gasteiger partial charge in [0.15, 0.2) is 0 Å². The molecule has 0 amide bonds. The fraction of sp³-hybridized carbons (Fsp3) is 0.417. The Kier molecular flexibility index (Phi) is 5.26. The molecular formula is C12H16N2O4. The maximum Gasteiger partial charge on any atom is 0.327 e. The van der Waals surface area contributed by atoms with E-state index in [0.29, 0.717) is 12.2 Å². The maximum absolute atomic E-state index is 11.6. The Morgan fingerprint density at radius 3 is 2.56 bits per heavy atom. The number of nitrogens with zero attached hydrogens (tertiary/aromatic N) is 1. The molecule has 6 nitrogen and oxygen atoms in total. The second-order valence-electron chi connectivity index (χ2n) is 3.85. The highest BCUT2D eigenvalue weighted by atomic mass is 16.6. The molecule has 18 heavy (non-hydrogen) atoms. The first-order valence-electron chi connectivity index (χ1n) is 5.72. The van der Waals surface area contributed by atoms with Crippen molar-refractivity contribution in [1.82, 2.24) is 0 Å². The molecule has 1 aromatic carbocycles. The lowest BCUT2D eigenvalue weighted by molar-refractivity contribution is -0.384. The van der Waals surface area contributed by atoms with Crippen LogP contribution in [0.25, 0.3) is 0 Å². The second kappa shape index (κ2) is 6.70. The number of unbranched alkanes of at least 4 members (excludes halogenated alkanes) is 1. The Balaban J connectivity index is 2.63. The smallest absolute Gasteiger partial charge is 0.327 e. The van der Waals surface area contributed by atoms with Crippen LogP contribution in [0.15, 0.2) is 24.3 Å². The number of rotatable bonds is 6. The molecule has 6 heteroatoms. The Morgan fingerprint density at radius 1 is 1.44 bits per heavy atom. The fourth-order valence-electron chi connectivity index (χ4n) is 1.35. The van der Waals surface area contributed by atoms with Crippen LogP contribution in [-0.2, 0) is 9.53 Å². The van der Waals surface area contributed by atoms with Crippen molar-refractivity contribution in [3.8, 4) is 0 Å². The van der Waals surface area contributed by atoms with Crippen molar-refractivity contribution in [3.05, 3.63) is 39.9 Å². The third-order valence-electron chi connectivity index (χ3n) is 2.46. The molecule has 0 heterocycles. The van der Waals surface area contributed by atoms with Gasteiger partial charge in [-0.1, -0.05) is 25.5 Å². The highest BCUT2D eigenvalue weighted by molar-refractivity contribution is 5.77. The predicted molar refractivity (Wildman–Crippen MR) is 65.9 cm³/mol. The van der Waals surface area contributed by atoms with Crippen molar-refractivity contribution in [1.29, 1.82) is 0 Å². The zero-order valence-electron chi connectivity index (χ0n) is 10.2. The third-order valence-corrected chi connectivity index (χ3v) is 2.46. The zero-order chi connectivity index (χ0) is 13.5. The van der Waals surface area contributed by atoms with E-state index in [1.807, 2.05) is 6.92 Å². The lowest BCUT2D eigenvalue weighted by Gasteiger charge is -2.11. The minimum Gasteiger partial charge on any atom is -0.464 e. The van der Waals surface area contributed by atoms with Crippen LogP contribution in [-0.4, -0.2) is 17.5 Å². The molecule has 0 aliphatic carbocycles. The van der Waals surface area contributed by atoms with Gasteiger partial charge in [-0.3, -0.25) is 10.1 Å². The molecule has 0 radical (unpaired) electrons. The van der Waals surface area contributed by atoms with Crippen LogP contribution >= 0.6 is 0 Å². The summed E-state index contributed by atoms with van der Waals surface area (Å²) in [6.45, 7) is 2.33. The van der Waals surface area contributed by atoms with Crippen molar-refractivity contribution >= 4 is 11.7 Å². The summed E-state index contributed by atoms with van der Waals surface area (Å²) in [4.78, 5) is 21.5. The van der Waals surface area contributed by atoms with Gasteiger partial charge in [0.1, 0.15) is 6.04 Å². The quantitative estimate of drug-likeness (QED) is 0.361. The van der Waals surface area contributed by atoms with Crippen LogP contribution in [0.5, 0.6) is 0 Å². The summed E-state index contributed by atoms with van der Waals surface area (Å²) in [6, 6.07) is 4.65. The number of nitrogens with two attached hydrogens (primary N) is 1. The molecule has 0 bridgehead atoms. The average Bonchev–Trinajstić information content (AvgIpc) is 2.38. The lowest BCUT2D eigenvalue weighted by atomic mass is 10.1. The molecule has 0 saturated heterocycles. The first-order chi connectivity index (χ1) is 8.56. The molecule has 1 aromatic rings. The summed E-state index contributed by atoms with van der Waals surface area (Å²) >= 11 is 0. The van der Waals surface area contributed by atoms with Crippen LogP contribution in [0.3, 0.4) is 0 Å². The van der Waals surface area contributed by atoms with E-state index in [9.17, 15) is 14.9 Å². The molecule has 1 atom stereocenters. The highest BCUT2D eigenvalue weighted by Crippen LogP contribution is 2.17. The van der Waals surface area contributed by atoms with Crippen LogP contribution in [0.4, 0.5) is 5.69 Å². The summed E-state index contributed by atoms with van der Waals surface area (Å²) in [5.41, 5.74) is 6.17. The number of carbonyl (C=O) groups excluding carboxylic acids is 1. The van der Waals surface area contributed by atoms with E-state index >= 15 is 0 Å².